The minimum absolute atomic E-state index is 0.0644. The Kier molecular flexibility index (Phi) is 5.10. The summed E-state index contributed by atoms with van der Waals surface area (Å²) >= 11 is 4.83. The van der Waals surface area contributed by atoms with Gasteiger partial charge >= 0.3 is 0 Å². The maximum Gasteiger partial charge on any atom is 0.227 e. The Morgan fingerprint density at radius 2 is 2.06 bits per heavy atom. The second-order valence-electron chi connectivity index (χ2n) is 3.98. The molecule has 0 fully saturated rings. The Morgan fingerprint density at radius 1 is 1.41 bits per heavy atom. The topological polar surface area (TPSA) is 46.3 Å². The number of aryl methyl sites for hydroxylation is 1. The molecule has 0 spiro atoms. The second-order valence-corrected chi connectivity index (χ2v) is 4.50. The quantitative estimate of drug-likeness (QED) is 0.809. The van der Waals surface area contributed by atoms with Gasteiger partial charge in [0.15, 0.2) is 0 Å². The molecule has 0 radical (unpaired) electrons. The molecule has 1 aromatic rings. The van der Waals surface area contributed by atoms with Crippen LogP contribution in [0.5, 0.6) is 0 Å². The SMILES string of the molecule is CCN(CC(N)=S)C(=O)Cc1ccccc1C. The molecule has 0 heterocycles. The number of rotatable bonds is 5. The maximum absolute atomic E-state index is 12.0. The molecular weight excluding hydrogens is 232 g/mol. The minimum atomic E-state index is 0.0644. The van der Waals surface area contributed by atoms with E-state index in [1.165, 1.54) is 0 Å². The molecule has 1 amide bonds. The number of likely N-dealkylation sites (N-methyl/N-ethyl adjacent to an activating group) is 1. The predicted octanol–water partition coefficient (Wildman–Crippen LogP) is 1.67. The molecule has 0 aliphatic heterocycles. The van der Waals surface area contributed by atoms with Gasteiger partial charge in [-0.15, -0.1) is 0 Å². The Balaban J connectivity index is 2.71. The Bertz CT molecular complexity index is 418. The zero-order valence-electron chi connectivity index (χ0n) is 10.3. The second kappa shape index (κ2) is 6.35. The van der Waals surface area contributed by atoms with Gasteiger partial charge in [-0.3, -0.25) is 4.79 Å². The number of thiocarbonyl (C=S) groups is 1. The van der Waals surface area contributed by atoms with Gasteiger partial charge < -0.3 is 10.6 Å². The van der Waals surface area contributed by atoms with E-state index in [2.05, 4.69) is 0 Å². The summed E-state index contributed by atoms with van der Waals surface area (Å²) in [6.45, 7) is 4.92. The van der Waals surface area contributed by atoms with Crippen LogP contribution in [0.3, 0.4) is 0 Å². The Labute approximate surface area is 108 Å². The molecule has 0 atom stereocenters. The molecule has 0 bridgehead atoms. The highest BCUT2D eigenvalue weighted by Crippen LogP contribution is 2.09. The summed E-state index contributed by atoms with van der Waals surface area (Å²) in [6.07, 6.45) is 0.406. The zero-order valence-corrected chi connectivity index (χ0v) is 11.1. The van der Waals surface area contributed by atoms with E-state index in [0.29, 0.717) is 24.5 Å². The zero-order chi connectivity index (χ0) is 12.8. The Morgan fingerprint density at radius 3 is 2.59 bits per heavy atom. The van der Waals surface area contributed by atoms with Gasteiger partial charge in [0, 0.05) is 6.54 Å². The maximum atomic E-state index is 12.0. The van der Waals surface area contributed by atoms with E-state index in [1.807, 2.05) is 38.1 Å². The van der Waals surface area contributed by atoms with E-state index in [1.54, 1.807) is 4.90 Å². The van der Waals surface area contributed by atoms with Crippen molar-refractivity contribution >= 4 is 23.1 Å². The lowest BCUT2D eigenvalue weighted by Crippen LogP contribution is -2.38. The van der Waals surface area contributed by atoms with E-state index in [-0.39, 0.29) is 5.91 Å². The first kappa shape index (κ1) is 13.6. The molecule has 4 heteroatoms. The van der Waals surface area contributed by atoms with Crippen molar-refractivity contribution < 1.29 is 4.79 Å². The van der Waals surface area contributed by atoms with Crippen LogP contribution >= 0.6 is 12.2 Å². The standard InChI is InChI=1S/C13H18N2OS/c1-3-15(9-12(14)17)13(16)8-11-7-5-4-6-10(11)2/h4-7H,3,8-9H2,1-2H3,(H2,14,17). The van der Waals surface area contributed by atoms with E-state index >= 15 is 0 Å². The number of hydrogen-bond acceptors (Lipinski definition) is 2. The van der Waals surface area contributed by atoms with Gasteiger partial charge in [-0.1, -0.05) is 36.5 Å². The van der Waals surface area contributed by atoms with Crippen LogP contribution in [0, 0.1) is 6.92 Å². The van der Waals surface area contributed by atoms with Gasteiger partial charge in [-0.2, -0.15) is 0 Å². The van der Waals surface area contributed by atoms with Gasteiger partial charge in [-0.05, 0) is 25.0 Å². The molecule has 0 saturated carbocycles. The van der Waals surface area contributed by atoms with Crippen molar-refractivity contribution in [2.75, 3.05) is 13.1 Å². The van der Waals surface area contributed by atoms with Crippen LogP contribution in [0.2, 0.25) is 0 Å². The van der Waals surface area contributed by atoms with Gasteiger partial charge in [0.05, 0.1) is 18.0 Å². The van der Waals surface area contributed by atoms with Crippen molar-refractivity contribution in [1.82, 2.24) is 4.90 Å². The summed E-state index contributed by atoms with van der Waals surface area (Å²) in [5.74, 6) is 0.0644. The fraction of sp³-hybridized carbons (Fsp3) is 0.385. The average Bonchev–Trinajstić information content (AvgIpc) is 2.28. The molecule has 0 saturated heterocycles. The monoisotopic (exact) mass is 250 g/mol. The van der Waals surface area contributed by atoms with Crippen molar-refractivity contribution in [3.63, 3.8) is 0 Å². The van der Waals surface area contributed by atoms with E-state index in [9.17, 15) is 4.79 Å². The minimum Gasteiger partial charge on any atom is -0.392 e. The Hall–Kier alpha value is -1.42. The highest BCUT2D eigenvalue weighted by molar-refractivity contribution is 7.80. The highest BCUT2D eigenvalue weighted by atomic mass is 32.1. The number of hydrogen-bond donors (Lipinski definition) is 1. The molecule has 17 heavy (non-hydrogen) atoms. The third-order valence-electron chi connectivity index (χ3n) is 2.68. The van der Waals surface area contributed by atoms with Crippen LogP contribution in [0.4, 0.5) is 0 Å². The van der Waals surface area contributed by atoms with Crippen LogP contribution in [-0.2, 0) is 11.2 Å². The van der Waals surface area contributed by atoms with Crippen molar-refractivity contribution in [2.24, 2.45) is 5.73 Å². The fourth-order valence-electron chi connectivity index (χ4n) is 1.65. The molecule has 0 aliphatic carbocycles. The summed E-state index contributed by atoms with van der Waals surface area (Å²) in [7, 11) is 0. The molecule has 1 aromatic carbocycles. The molecule has 0 unspecified atom stereocenters. The van der Waals surface area contributed by atoms with Crippen molar-refractivity contribution in [3.05, 3.63) is 35.4 Å². The lowest BCUT2D eigenvalue weighted by molar-refractivity contribution is -0.129. The van der Waals surface area contributed by atoms with Crippen LogP contribution in [-0.4, -0.2) is 28.9 Å². The number of nitrogens with two attached hydrogens (primary N) is 1. The molecule has 3 nitrogen and oxygen atoms in total. The van der Waals surface area contributed by atoms with Crippen molar-refractivity contribution in [2.45, 2.75) is 20.3 Å². The first-order valence-corrected chi connectivity index (χ1v) is 6.06. The van der Waals surface area contributed by atoms with E-state index in [4.69, 9.17) is 18.0 Å². The predicted molar refractivity (Wildman–Crippen MR) is 73.9 cm³/mol. The summed E-state index contributed by atoms with van der Waals surface area (Å²) in [5, 5.41) is 0. The van der Waals surface area contributed by atoms with Crippen LogP contribution in [0.15, 0.2) is 24.3 Å². The number of amides is 1. The lowest BCUT2D eigenvalue weighted by Gasteiger charge is -2.20. The molecule has 0 aliphatic rings. The first-order chi connectivity index (χ1) is 8.04. The first-order valence-electron chi connectivity index (χ1n) is 5.65. The van der Waals surface area contributed by atoms with Crippen LogP contribution < -0.4 is 5.73 Å². The highest BCUT2D eigenvalue weighted by Gasteiger charge is 2.13. The molecular formula is C13H18N2OS. The smallest absolute Gasteiger partial charge is 0.227 e. The van der Waals surface area contributed by atoms with E-state index < -0.39 is 0 Å². The van der Waals surface area contributed by atoms with Gasteiger partial charge in [-0.25, -0.2) is 0 Å². The third-order valence-corrected chi connectivity index (χ3v) is 2.81. The summed E-state index contributed by atoms with van der Waals surface area (Å²) in [6, 6.07) is 7.89. The van der Waals surface area contributed by atoms with Gasteiger partial charge in [0.1, 0.15) is 0 Å². The lowest BCUT2D eigenvalue weighted by atomic mass is 10.1. The summed E-state index contributed by atoms with van der Waals surface area (Å²) < 4.78 is 0. The summed E-state index contributed by atoms with van der Waals surface area (Å²) in [5.41, 5.74) is 7.65. The average molecular weight is 250 g/mol. The van der Waals surface area contributed by atoms with Gasteiger partial charge in [0.25, 0.3) is 0 Å². The van der Waals surface area contributed by atoms with Crippen LogP contribution in [0.25, 0.3) is 0 Å². The normalized spacial score (nSPS) is 10.0. The third kappa shape index (κ3) is 4.15. The number of nitrogens with zero attached hydrogens (tertiary/aromatic N) is 1. The molecule has 2 N–H and O–H groups in total. The summed E-state index contributed by atoms with van der Waals surface area (Å²) in [4.78, 5) is 14.1. The molecule has 0 aromatic heterocycles. The number of carbonyl (C=O) groups is 1. The van der Waals surface area contributed by atoms with Crippen LogP contribution in [0.1, 0.15) is 18.1 Å². The van der Waals surface area contributed by atoms with Gasteiger partial charge in [0.2, 0.25) is 5.91 Å². The van der Waals surface area contributed by atoms with E-state index in [0.717, 1.165) is 11.1 Å². The molecule has 92 valence electrons. The number of benzene rings is 1. The van der Waals surface area contributed by atoms with Crippen molar-refractivity contribution in [1.29, 1.82) is 0 Å². The largest absolute Gasteiger partial charge is 0.392 e. The van der Waals surface area contributed by atoms with Crippen molar-refractivity contribution in [3.8, 4) is 0 Å². The number of carbonyl (C=O) groups excluding carboxylic acids is 1. The molecule has 1 rings (SSSR count). The fourth-order valence-corrected chi connectivity index (χ4v) is 1.80.